The van der Waals surface area contributed by atoms with Gasteiger partial charge < -0.3 is 10.4 Å². The monoisotopic (exact) mass is 297 g/mol. The van der Waals surface area contributed by atoms with Gasteiger partial charge in [0.05, 0.1) is 12.2 Å². The van der Waals surface area contributed by atoms with Gasteiger partial charge in [0.2, 0.25) is 0 Å². The molecule has 1 aromatic rings. The molecule has 0 aromatic heterocycles. The predicted molar refractivity (Wildman–Crippen MR) is 70.5 cm³/mol. The molecule has 0 spiro atoms. The van der Waals surface area contributed by atoms with Gasteiger partial charge >= 0.3 is 6.18 Å². The van der Waals surface area contributed by atoms with Crippen LogP contribution in [-0.4, -0.2) is 29.3 Å². The van der Waals surface area contributed by atoms with E-state index in [9.17, 15) is 18.0 Å². The third-order valence-electron chi connectivity index (χ3n) is 3.28. The lowest BCUT2D eigenvalue weighted by atomic mass is 10.1. The zero-order chi connectivity index (χ0) is 15.5. The van der Waals surface area contributed by atoms with Crippen LogP contribution in [0.5, 0.6) is 0 Å². The van der Waals surface area contributed by atoms with Crippen LogP contribution in [0.3, 0.4) is 0 Å². The molecule has 0 heterocycles. The highest BCUT2D eigenvalue weighted by Crippen LogP contribution is 2.49. The summed E-state index contributed by atoms with van der Waals surface area (Å²) in [4.78, 5) is 12.1. The molecule has 0 atom stereocenters. The summed E-state index contributed by atoms with van der Waals surface area (Å²) in [5, 5.41) is 10.7. The number of hydrogen-bond acceptors (Lipinski definition) is 2. The Hall–Kier alpha value is -2.00. The van der Waals surface area contributed by atoms with Crippen LogP contribution in [-0.2, 0) is 0 Å². The van der Waals surface area contributed by atoms with Crippen LogP contribution < -0.4 is 5.32 Å². The second-order valence-electron chi connectivity index (χ2n) is 4.85. The molecule has 1 amide bonds. The molecule has 0 radical (unpaired) electrons. The number of alkyl halides is 3. The molecule has 0 aliphatic heterocycles. The van der Waals surface area contributed by atoms with Gasteiger partial charge in [-0.15, -0.1) is 0 Å². The molecular weight excluding hydrogens is 283 g/mol. The summed E-state index contributed by atoms with van der Waals surface area (Å²) in [5.74, 6) is 4.56. The van der Waals surface area contributed by atoms with Gasteiger partial charge in [0.1, 0.15) is 5.54 Å². The SMILES string of the molecule is O=C(NC1(C(F)(F)F)CC1)c1ccccc1C#CCCO. The minimum absolute atomic E-state index is 0.0966. The van der Waals surface area contributed by atoms with E-state index in [1.807, 2.05) is 0 Å². The Bertz CT molecular complexity index is 595. The predicted octanol–water partition coefficient (Wildman–Crippen LogP) is 2.25. The van der Waals surface area contributed by atoms with Crippen LogP contribution in [0, 0.1) is 11.8 Å². The molecular formula is C15H14F3NO2. The molecule has 0 bridgehead atoms. The summed E-state index contributed by atoms with van der Waals surface area (Å²) in [6, 6.07) is 6.22. The van der Waals surface area contributed by atoms with Crippen molar-refractivity contribution < 1.29 is 23.1 Å². The largest absolute Gasteiger partial charge is 0.411 e. The maximum Gasteiger partial charge on any atom is 0.411 e. The third kappa shape index (κ3) is 3.37. The van der Waals surface area contributed by atoms with Gasteiger partial charge in [0.25, 0.3) is 5.91 Å². The Balaban J connectivity index is 2.19. The quantitative estimate of drug-likeness (QED) is 0.841. The second kappa shape index (κ2) is 5.78. The smallest absolute Gasteiger partial charge is 0.395 e. The number of nitrogens with one attached hydrogen (secondary N) is 1. The molecule has 2 N–H and O–H groups in total. The molecule has 21 heavy (non-hydrogen) atoms. The van der Waals surface area contributed by atoms with Crippen molar-refractivity contribution in [2.45, 2.75) is 31.0 Å². The van der Waals surface area contributed by atoms with Crippen LogP contribution in [0.1, 0.15) is 35.2 Å². The Kier molecular flexibility index (Phi) is 4.24. The highest BCUT2D eigenvalue weighted by atomic mass is 19.4. The topological polar surface area (TPSA) is 49.3 Å². The van der Waals surface area contributed by atoms with Crippen molar-refractivity contribution in [1.29, 1.82) is 0 Å². The molecule has 2 rings (SSSR count). The number of aliphatic hydroxyl groups is 1. The van der Waals surface area contributed by atoms with Crippen molar-refractivity contribution in [3.05, 3.63) is 35.4 Å². The Labute approximate surface area is 120 Å². The molecule has 6 heteroatoms. The fraction of sp³-hybridized carbons (Fsp3) is 0.400. The van der Waals surface area contributed by atoms with Crippen molar-refractivity contribution in [2.24, 2.45) is 0 Å². The van der Waals surface area contributed by atoms with Gasteiger partial charge in [-0.1, -0.05) is 24.0 Å². The number of carbonyl (C=O) groups is 1. The molecule has 1 aromatic carbocycles. The van der Waals surface area contributed by atoms with Gasteiger partial charge in [0.15, 0.2) is 0 Å². The Morgan fingerprint density at radius 1 is 1.33 bits per heavy atom. The fourth-order valence-electron chi connectivity index (χ4n) is 1.89. The van der Waals surface area contributed by atoms with E-state index in [0.717, 1.165) is 0 Å². The summed E-state index contributed by atoms with van der Waals surface area (Å²) in [7, 11) is 0. The number of halogens is 3. The first kappa shape index (κ1) is 15.4. The van der Waals surface area contributed by atoms with Crippen molar-refractivity contribution in [1.82, 2.24) is 5.32 Å². The summed E-state index contributed by atoms with van der Waals surface area (Å²) in [6.07, 6.45) is -4.40. The van der Waals surface area contributed by atoms with Crippen LogP contribution in [0.4, 0.5) is 13.2 Å². The number of aliphatic hydroxyl groups excluding tert-OH is 1. The molecule has 112 valence electrons. The minimum Gasteiger partial charge on any atom is -0.395 e. The van der Waals surface area contributed by atoms with E-state index in [-0.39, 0.29) is 31.4 Å². The summed E-state index contributed by atoms with van der Waals surface area (Å²) < 4.78 is 38.6. The second-order valence-corrected chi connectivity index (χ2v) is 4.85. The third-order valence-corrected chi connectivity index (χ3v) is 3.28. The maximum atomic E-state index is 12.9. The van der Waals surface area contributed by atoms with E-state index in [2.05, 4.69) is 17.2 Å². The van der Waals surface area contributed by atoms with Crippen LogP contribution >= 0.6 is 0 Å². The molecule has 0 saturated heterocycles. The van der Waals surface area contributed by atoms with Crippen LogP contribution in [0.25, 0.3) is 0 Å². The first-order chi connectivity index (χ1) is 9.89. The maximum absolute atomic E-state index is 12.9. The molecule has 1 aliphatic rings. The summed E-state index contributed by atoms with van der Waals surface area (Å²) >= 11 is 0. The molecule has 0 unspecified atom stereocenters. The average molecular weight is 297 g/mol. The van der Waals surface area contributed by atoms with Crippen molar-refractivity contribution in [3.8, 4) is 11.8 Å². The summed E-state index contributed by atoms with van der Waals surface area (Å²) in [6.45, 7) is -0.113. The lowest BCUT2D eigenvalue weighted by Crippen LogP contribution is -2.48. The van der Waals surface area contributed by atoms with Crippen molar-refractivity contribution in [3.63, 3.8) is 0 Å². The van der Waals surface area contributed by atoms with Crippen LogP contribution in [0.2, 0.25) is 0 Å². The van der Waals surface area contributed by atoms with E-state index >= 15 is 0 Å². The number of carbonyl (C=O) groups excluding carboxylic acids is 1. The van der Waals surface area contributed by atoms with E-state index < -0.39 is 17.6 Å². The average Bonchev–Trinajstić information content (AvgIpc) is 3.20. The minimum atomic E-state index is -4.44. The molecule has 1 aliphatic carbocycles. The Morgan fingerprint density at radius 2 is 2.00 bits per heavy atom. The normalized spacial score (nSPS) is 15.8. The highest BCUT2D eigenvalue weighted by Gasteiger charge is 2.64. The van der Waals surface area contributed by atoms with E-state index in [1.54, 1.807) is 18.2 Å². The van der Waals surface area contributed by atoms with Gasteiger partial charge in [-0.05, 0) is 25.0 Å². The first-order valence-corrected chi connectivity index (χ1v) is 6.48. The lowest BCUT2D eigenvalue weighted by Gasteiger charge is -2.21. The zero-order valence-electron chi connectivity index (χ0n) is 11.1. The summed E-state index contributed by atoms with van der Waals surface area (Å²) in [5.41, 5.74) is -1.63. The van der Waals surface area contributed by atoms with Gasteiger partial charge in [-0.3, -0.25) is 4.79 Å². The fourth-order valence-corrected chi connectivity index (χ4v) is 1.89. The van der Waals surface area contributed by atoms with E-state index in [4.69, 9.17) is 5.11 Å². The Morgan fingerprint density at radius 3 is 2.57 bits per heavy atom. The van der Waals surface area contributed by atoms with E-state index in [1.165, 1.54) is 6.07 Å². The number of hydrogen-bond donors (Lipinski definition) is 2. The van der Waals surface area contributed by atoms with Crippen LogP contribution in [0.15, 0.2) is 24.3 Å². The lowest BCUT2D eigenvalue weighted by molar-refractivity contribution is -0.163. The van der Waals surface area contributed by atoms with Gasteiger partial charge in [-0.25, -0.2) is 0 Å². The number of benzene rings is 1. The van der Waals surface area contributed by atoms with Crippen molar-refractivity contribution in [2.75, 3.05) is 6.61 Å². The zero-order valence-corrected chi connectivity index (χ0v) is 11.1. The highest BCUT2D eigenvalue weighted by molar-refractivity contribution is 5.97. The standard InChI is InChI=1S/C15H14F3NO2/c16-15(17,18)14(8-9-14)19-13(21)12-7-2-1-5-11(12)6-3-4-10-20/h1-2,5,7,20H,4,8-10H2,(H,19,21). The van der Waals surface area contributed by atoms with Crippen molar-refractivity contribution >= 4 is 5.91 Å². The first-order valence-electron chi connectivity index (χ1n) is 6.48. The van der Waals surface area contributed by atoms with E-state index in [0.29, 0.717) is 5.56 Å². The number of amides is 1. The molecule has 1 fully saturated rings. The molecule has 1 saturated carbocycles. The van der Waals surface area contributed by atoms with Gasteiger partial charge in [0, 0.05) is 12.0 Å². The van der Waals surface area contributed by atoms with Gasteiger partial charge in [-0.2, -0.15) is 13.2 Å². The molecule has 3 nitrogen and oxygen atoms in total. The number of rotatable bonds is 3.